The molecule has 2 atom stereocenters. The molecule has 4 nitrogen and oxygen atoms in total. The summed E-state index contributed by atoms with van der Waals surface area (Å²) in [5, 5.41) is 2.76. The first-order valence-electron chi connectivity index (χ1n) is 6.11. The van der Waals surface area contributed by atoms with Crippen LogP contribution in [0.25, 0.3) is 0 Å². The number of amides is 2. The van der Waals surface area contributed by atoms with Crippen LogP contribution in [0.5, 0.6) is 0 Å². The first-order valence-corrected chi connectivity index (χ1v) is 6.11. The highest BCUT2D eigenvalue weighted by molar-refractivity contribution is 5.87. The van der Waals surface area contributed by atoms with Gasteiger partial charge in [0.05, 0.1) is 11.8 Å². The van der Waals surface area contributed by atoms with Gasteiger partial charge in [-0.1, -0.05) is 19.9 Å². The zero-order valence-corrected chi connectivity index (χ0v) is 11.0. The highest BCUT2D eigenvalue weighted by atomic mass is 16.2. The Hall–Kier alpha value is -1.32. The molecule has 17 heavy (non-hydrogen) atoms. The molecule has 0 rings (SSSR count). The Balaban J connectivity index is 4.89. The van der Waals surface area contributed by atoms with Crippen molar-refractivity contribution in [3.05, 3.63) is 12.7 Å². The summed E-state index contributed by atoms with van der Waals surface area (Å²) in [6.45, 7) is 10.1. The lowest BCUT2D eigenvalue weighted by Crippen LogP contribution is -2.40. The zero-order chi connectivity index (χ0) is 13.4. The van der Waals surface area contributed by atoms with Crippen LogP contribution in [0.2, 0.25) is 0 Å². The van der Waals surface area contributed by atoms with Gasteiger partial charge >= 0.3 is 0 Å². The average molecular weight is 240 g/mol. The van der Waals surface area contributed by atoms with Crippen molar-refractivity contribution in [2.75, 3.05) is 6.54 Å². The number of rotatable bonds is 8. The van der Waals surface area contributed by atoms with Gasteiger partial charge in [-0.15, -0.1) is 6.58 Å². The first kappa shape index (κ1) is 15.7. The fraction of sp³-hybridized carbons (Fsp3) is 0.692. The maximum absolute atomic E-state index is 11.9. The standard InChI is InChI=1S/C13H24N2O2/c1-5-7-10(12(14)16)11(8-9(3)4)13(17)15-6-2/h5,9-11H,1,6-8H2,2-4H3,(H2,14,16)(H,15,17)/t10-,11?/m0/s1. The second-order valence-electron chi connectivity index (χ2n) is 4.66. The van der Waals surface area contributed by atoms with E-state index < -0.39 is 11.8 Å². The molecule has 0 aromatic rings. The van der Waals surface area contributed by atoms with Crippen LogP contribution in [0.15, 0.2) is 12.7 Å². The Bertz CT molecular complexity index is 275. The van der Waals surface area contributed by atoms with Gasteiger partial charge in [-0.05, 0) is 25.7 Å². The van der Waals surface area contributed by atoms with Crippen molar-refractivity contribution < 1.29 is 9.59 Å². The minimum absolute atomic E-state index is 0.0909. The molecule has 1 unspecified atom stereocenters. The number of hydrogen-bond acceptors (Lipinski definition) is 2. The summed E-state index contributed by atoms with van der Waals surface area (Å²) in [7, 11) is 0. The molecular weight excluding hydrogens is 216 g/mol. The lowest BCUT2D eigenvalue weighted by atomic mass is 9.82. The van der Waals surface area contributed by atoms with Gasteiger partial charge in [-0.25, -0.2) is 0 Å². The predicted molar refractivity (Wildman–Crippen MR) is 69.1 cm³/mol. The Kier molecular flexibility index (Phi) is 7.26. The summed E-state index contributed by atoms with van der Waals surface area (Å²) < 4.78 is 0. The molecule has 0 fully saturated rings. The Labute approximate surface area is 104 Å². The third-order valence-corrected chi connectivity index (χ3v) is 2.68. The molecule has 2 amide bonds. The van der Waals surface area contributed by atoms with E-state index >= 15 is 0 Å². The van der Waals surface area contributed by atoms with E-state index in [1.165, 1.54) is 0 Å². The van der Waals surface area contributed by atoms with E-state index in [9.17, 15) is 9.59 Å². The molecule has 0 aliphatic carbocycles. The molecule has 0 saturated heterocycles. The minimum Gasteiger partial charge on any atom is -0.369 e. The largest absolute Gasteiger partial charge is 0.369 e. The molecule has 4 heteroatoms. The quantitative estimate of drug-likeness (QED) is 0.630. The lowest BCUT2D eigenvalue weighted by molar-refractivity contribution is -0.133. The summed E-state index contributed by atoms with van der Waals surface area (Å²) in [5.41, 5.74) is 5.37. The van der Waals surface area contributed by atoms with Gasteiger partial charge in [0.25, 0.3) is 0 Å². The topological polar surface area (TPSA) is 72.2 Å². The Morgan fingerprint density at radius 2 is 1.94 bits per heavy atom. The number of nitrogens with one attached hydrogen (secondary N) is 1. The van der Waals surface area contributed by atoms with Crippen LogP contribution >= 0.6 is 0 Å². The summed E-state index contributed by atoms with van der Waals surface area (Å²) >= 11 is 0. The number of allylic oxidation sites excluding steroid dienone is 1. The normalized spacial score (nSPS) is 14.1. The van der Waals surface area contributed by atoms with E-state index in [0.29, 0.717) is 25.3 Å². The number of carbonyl (C=O) groups is 2. The van der Waals surface area contributed by atoms with Crippen molar-refractivity contribution in [1.82, 2.24) is 5.32 Å². The number of primary amides is 1. The fourth-order valence-corrected chi connectivity index (χ4v) is 1.93. The molecule has 0 radical (unpaired) electrons. The van der Waals surface area contributed by atoms with Crippen molar-refractivity contribution >= 4 is 11.8 Å². The summed E-state index contributed by atoms with van der Waals surface area (Å²) in [5.74, 6) is -0.991. The lowest BCUT2D eigenvalue weighted by Gasteiger charge is -2.24. The number of nitrogens with two attached hydrogens (primary N) is 1. The van der Waals surface area contributed by atoms with Gasteiger partial charge in [0.2, 0.25) is 11.8 Å². The highest BCUT2D eigenvalue weighted by Gasteiger charge is 2.31. The van der Waals surface area contributed by atoms with Crippen LogP contribution in [0, 0.1) is 17.8 Å². The van der Waals surface area contributed by atoms with Crippen LogP contribution in [-0.4, -0.2) is 18.4 Å². The van der Waals surface area contributed by atoms with E-state index in [4.69, 9.17) is 5.73 Å². The average Bonchev–Trinajstić information content (AvgIpc) is 2.22. The van der Waals surface area contributed by atoms with Gasteiger partial charge in [-0.2, -0.15) is 0 Å². The van der Waals surface area contributed by atoms with Crippen molar-refractivity contribution in [1.29, 1.82) is 0 Å². The van der Waals surface area contributed by atoms with Gasteiger partial charge in [0.15, 0.2) is 0 Å². The summed E-state index contributed by atoms with van der Waals surface area (Å²) in [6, 6.07) is 0. The molecule has 0 bridgehead atoms. The predicted octanol–water partition coefficient (Wildman–Crippen LogP) is 1.46. The van der Waals surface area contributed by atoms with Gasteiger partial charge in [0.1, 0.15) is 0 Å². The van der Waals surface area contributed by atoms with E-state index in [0.717, 1.165) is 0 Å². The smallest absolute Gasteiger partial charge is 0.223 e. The molecule has 0 aromatic carbocycles. The third kappa shape index (κ3) is 5.52. The van der Waals surface area contributed by atoms with Gasteiger partial charge < -0.3 is 11.1 Å². The molecule has 98 valence electrons. The molecule has 0 aliphatic rings. The van der Waals surface area contributed by atoms with Crippen molar-refractivity contribution in [2.24, 2.45) is 23.5 Å². The minimum atomic E-state index is -0.457. The molecule has 0 heterocycles. The van der Waals surface area contributed by atoms with Crippen LogP contribution < -0.4 is 11.1 Å². The van der Waals surface area contributed by atoms with Gasteiger partial charge in [0, 0.05) is 6.54 Å². The maximum Gasteiger partial charge on any atom is 0.223 e. The monoisotopic (exact) mass is 240 g/mol. The Morgan fingerprint density at radius 3 is 2.29 bits per heavy atom. The summed E-state index contributed by atoms with van der Waals surface area (Å²) in [6.07, 6.45) is 2.75. The van der Waals surface area contributed by atoms with Crippen LogP contribution in [0.3, 0.4) is 0 Å². The van der Waals surface area contributed by atoms with Crippen LogP contribution in [0.4, 0.5) is 0 Å². The van der Waals surface area contributed by atoms with Crippen molar-refractivity contribution in [3.63, 3.8) is 0 Å². The van der Waals surface area contributed by atoms with Gasteiger partial charge in [-0.3, -0.25) is 9.59 Å². The number of carbonyl (C=O) groups excluding carboxylic acids is 2. The van der Waals surface area contributed by atoms with E-state index in [-0.39, 0.29) is 11.8 Å². The molecular formula is C13H24N2O2. The molecule has 0 aromatic heterocycles. The summed E-state index contributed by atoms with van der Waals surface area (Å²) in [4.78, 5) is 23.4. The molecule has 0 saturated carbocycles. The van der Waals surface area contributed by atoms with Crippen molar-refractivity contribution in [3.8, 4) is 0 Å². The third-order valence-electron chi connectivity index (χ3n) is 2.68. The second kappa shape index (κ2) is 7.87. The van der Waals surface area contributed by atoms with E-state index in [2.05, 4.69) is 11.9 Å². The maximum atomic E-state index is 11.9. The van der Waals surface area contributed by atoms with Crippen LogP contribution in [-0.2, 0) is 9.59 Å². The van der Waals surface area contributed by atoms with Crippen LogP contribution in [0.1, 0.15) is 33.6 Å². The van der Waals surface area contributed by atoms with E-state index in [1.807, 2.05) is 20.8 Å². The zero-order valence-electron chi connectivity index (χ0n) is 11.0. The fourth-order valence-electron chi connectivity index (χ4n) is 1.93. The molecule has 3 N–H and O–H groups in total. The Morgan fingerprint density at radius 1 is 1.35 bits per heavy atom. The molecule has 0 aliphatic heterocycles. The SMILES string of the molecule is C=CC[C@H](C(N)=O)C(CC(C)C)C(=O)NCC. The highest BCUT2D eigenvalue weighted by Crippen LogP contribution is 2.24. The second-order valence-corrected chi connectivity index (χ2v) is 4.66. The van der Waals surface area contributed by atoms with Crippen molar-refractivity contribution in [2.45, 2.75) is 33.6 Å². The first-order chi connectivity index (χ1) is 7.93. The molecule has 0 spiro atoms. The van der Waals surface area contributed by atoms with E-state index in [1.54, 1.807) is 6.08 Å². The number of hydrogen-bond donors (Lipinski definition) is 2.